The predicted molar refractivity (Wildman–Crippen MR) is 107 cm³/mol. The van der Waals surface area contributed by atoms with E-state index in [4.69, 9.17) is 11.6 Å². The van der Waals surface area contributed by atoms with Gasteiger partial charge in [-0.3, -0.25) is 9.59 Å². The van der Waals surface area contributed by atoms with Crippen LogP contribution in [0.1, 0.15) is 37.0 Å². The second kappa shape index (κ2) is 8.57. The largest absolute Gasteiger partial charge is 0.350 e. The van der Waals surface area contributed by atoms with Gasteiger partial charge in [0, 0.05) is 31.0 Å². The molecule has 3 rings (SSSR count). The van der Waals surface area contributed by atoms with Crippen LogP contribution in [0.3, 0.4) is 0 Å². The van der Waals surface area contributed by atoms with E-state index in [1.54, 1.807) is 17.0 Å². The van der Waals surface area contributed by atoms with Crippen LogP contribution in [-0.2, 0) is 29.1 Å². The van der Waals surface area contributed by atoms with Crippen LogP contribution >= 0.6 is 11.6 Å². The minimum atomic E-state index is -0.474. The first-order valence-corrected chi connectivity index (χ1v) is 9.70. The van der Waals surface area contributed by atoms with Crippen LogP contribution < -0.4 is 5.32 Å². The minimum absolute atomic E-state index is 0.0335. The average Bonchev–Trinajstić information content (AvgIpc) is 2.65. The molecule has 0 radical (unpaired) electrons. The molecule has 0 spiro atoms. The third kappa shape index (κ3) is 4.89. The smallest absolute Gasteiger partial charge is 0.243 e. The molecule has 0 aromatic heterocycles. The molecule has 142 valence electrons. The van der Waals surface area contributed by atoms with Gasteiger partial charge >= 0.3 is 0 Å². The Labute approximate surface area is 165 Å². The van der Waals surface area contributed by atoms with Crippen molar-refractivity contribution in [1.29, 1.82) is 0 Å². The third-order valence-corrected chi connectivity index (χ3v) is 5.09. The van der Waals surface area contributed by atoms with Crippen molar-refractivity contribution in [3.63, 3.8) is 0 Å². The Balaban J connectivity index is 1.75. The molecule has 1 N–H and O–H groups in total. The number of fused-ring (bicyclic) bond motifs is 1. The molecular formula is C22H25ClN2O2. The van der Waals surface area contributed by atoms with E-state index in [9.17, 15) is 9.59 Å². The molecular weight excluding hydrogens is 360 g/mol. The number of hydrogen-bond donors (Lipinski definition) is 1. The lowest BCUT2D eigenvalue weighted by atomic mass is 9.92. The van der Waals surface area contributed by atoms with E-state index in [1.807, 2.05) is 50.2 Å². The Morgan fingerprint density at radius 2 is 1.78 bits per heavy atom. The van der Waals surface area contributed by atoms with E-state index in [0.29, 0.717) is 31.0 Å². The van der Waals surface area contributed by atoms with Crippen molar-refractivity contribution in [3.05, 3.63) is 70.2 Å². The van der Waals surface area contributed by atoms with E-state index in [1.165, 1.54) is 0 Å². The SMILES string of the molecule is CC(C)CC(=O)N1Cc2ccccc2CC1C(=O)NCc1ccc(Cl)cc1. The molecule has 1 unspecified atom stereocenters. The summed E-state index contributed by atoms with van der Waals surface area (Å²) in [5, 5.41) is 3.65. The minimum Gasteiger partial charge on any atom is -0.350 e. The summed E-state index contributed by atoms with van der Waals surface area (Å²) in [7, 11) is 0. The summed E-state index contributed by atoms with van der Waals surface area (Å²) in [6.45, 7) is 4.94. The van der Waals surface area contributed by atoms with Gasteiger partial charge in [-0.2, -0.15) is 0 Å². The first-order chi connectivity index (χ1) is 12.9. The lowest BCUT2D eigenvalue weighted by Gasteiger charge is -2.36. The van der Waals surface area contributed by atoms with E-state index in [-0.39, 0.29) is 17.7 Å². The number of carbonyl (C=O) groups is 2. The number of carbonyl (C=O) groups excluding carboxylic acids is 2. The lowest BCUT2D eigenvalue weighted by molar-refractivity contribution is -0.142. The van der Waals surface area contributed by atoms with Crippen LogP contribution in [0.4, 0.5) is 0 Å². The second-order valence-corrected chi connectivity index (χ2v) is 7.89. The fourth-order valence-corrected chi connectivity index (χ4v) is 3.52. The van der Waals surface area contributed by atoms with Crippen LogP contribution in [0.2, 0.25) is 5.02 Å². The van der Waals surface area contributed by atoms with E-state index < -0.39 is 6.04 Å². The molecule has 1 aliphatic rings. The molecule has 4 nitrogen and oxygen atoms in total. The third-order valence-electron chi connectivity index (χ3n) is 4.83. The maximum absolute atomic E-state index is 12.9. The molecule has 0 bridgehead atoms. The van der Waals surface area contributed by atoms with Crippen molar-refractivity contribution < 1.29 is 9.59 Å². The van der Waals surface area contributed by atoms with Crippen LogP contribution in [0.25, 0.3) is 0 Å². The number of nitrogens with one attached hydrogen (secondary N) is 1. The normalized spacial score (nSPS) is 16.1. The van der Waals surface area contributed by atoms with Crippen molar-refractivity contribution >= 4 is 23.4 Å². The molecule has 1 atom stereocenters. The molecule has 5 heteroatoms. The molecule has 0 fully saturated rings. The summed E-state index contributed by atoms with van der Waals surface area (Å²) in [4.78, 5) is 27.4. The highest BCUT2D eigenvalue weighted by atomic mass is 35.5. The molecule has 2 amide bonds. The van der Waals surface area contributed by atoms with Crippen molar-refractivity contribution in [2.75, 3.05) is 0 Å². The topological polar surface area (TPSA) is 49.4 Å². The maximum Gasteiger partial charge on any atom is 0.243 e. The Morgan fingerprint density at radius 3 is 2.44 bits per heavy atom. The fourth-order valence-electron chi connectivity index (χ4n) is 3.40. The monoisotopic (exact) mass is 384 g/mol. The molecule has 1 heterocycles. The van der Waals surface area contributed by atoms with Gasteiger partial charge in [-0.05, 0) is 34.7 Å². The summed E-state index contributed by atoms with van der Waals surface area (Å²) in [6, 6.07) is 14.9. The highest BCUT2D eigenvalue weighted by Crippen LogP contribution is 2.25. The Morgan fingerprint density at radius 1 is 1.11 bits per heavy atom. The van der Waals surface area contributed by atoms with Crippen molar-refractivity contribution in [3.8, 4) is 0 Å². The van der Waals surface area contributed by atoms with Crippen LogP contribution in [-0.4, -0.2) is 22.8 Å². The highest BCUT2D eigenvalue weighted by Gasteiger charge is 2.34. The summed E-state index contributed by atoms with van der Waals surface area (Å²) >= 11 is 5.91. The molecule has 2 aromatic rings. The van der Waals surface area contributed by atoms with Crippen LogP contribution in [0.5, 0.6) is 0 Å². The molecule has 0 saturated carbocycles. The van der Waals surface area contributed by atoms with Gasteiger partial charge in [-0.1, -0.05) is 61.8 Å². The van der Waals surface area contributed by atoms with E-state index >= 15 is 0 Å². The summed E-state index contributed by atoms with van der Waals surface area (Å²) in [5.74, 6) is 0.176. The molecule has 0 aliphatic carbocycles. The number of halogens is 1. The highest BCUT2D eigenvalue weighted by molar-refractivity contribution is 6.30. The van der Waals surface area contributed by atoms with Crippen molar-refractivity contribution in [1.82, 2.24) is 10.2 Å². The van der Waals surface area contributed by atoms with Gasteiger partial charge in [-0.15, -0.1) is 0 Å². The number of benzene rings is 2. The number of hydrogen-bond acceptors (Lipinski definition) is 2. The number of amides is 2. The summed E-state index contributed by atoms with van der Waals surface area (Å²) < 4.78 is 0. The average molecular weight is 385 g/mol. The zero-order valence-electron chi connectivity index (χ0n) is 15.7. The van der Waals surface area contributed by atoms with Gasteiger partial charge in [0.2, 0.25) is 11.8 Å². The van der Waals surface area contributed by atoms with Gasteiger partial charge in [0.25, 0.3) is 0 Å². The molecule has 2 aromatic carbocycles. The lowest BCUT2D eigenvalue weighted by Crippen LogP contribution is -2.52. The first kappa shape index (κ1) is 19.4. The van der Waals surface area contributed by atoms with Crippen molar-refractivity contribution in [2.24, 2.45) is 5.92 Å². The zero-order valence-corrected chi connectivity index (χ0v) is 16.5. The van der Waals surface area contributed by atoms with Crippen molar-refractivity contribution in [2.45, 2.75) is 45.8 Å². The Bertz CT molecular complexity index is 817. The fraction of sp³-hybridized carbons (Fsp3) is 0.364. The predicted octanol–water partition coefficient (Wildman–Crippen LogP) is 3.96. The van der Waals surface area contributed by atoms with Gasteiger partial charge < -0.3 is 10.2 Å². The first-order valence-electron chi connectivity index (χ1n) is 9.32. The standard InChI is InChI=1S/C22H25ClN2O2/c1-15(2)11-21(26)25-14-18-6-4-3-5-17(18)12-20(25)22(27)24-13-16-7-9-19(23)10-8-16/h3-10,15,20H,11-14H2,1-2H3,(H,24,27). The van der Waals surface area contributed by atoms with Crippen LogP contribution in [0.15, 0.2) is 48.5 Å². The van der Waals surface area contributed by atoms with Gasteiger partial charge in [-0.25, -0.2) is 0 Å². The van der Waals surface area contributed by atoms with E-state index in [0.717, 1.165) is 16.7 Å². The Kier molecular flexibility index (Phi) is 6.17. The summed E-state index contributed by atoms with van der Waals surface area (Å²) in [6.07, 6.45) is 0.996. The maximum atomic E-state index is 12.9. The van der Waals surface area contributed by atoms with Crippen LogP contribution in [0, 0.1) is 5.92 Å². The zero-order chi connectivity index (χ0) is 19.4. The quantitative estimate of drug-likeness (QED) is 0.848. The Hall–Kier alpha value is -2.33. The molecule has 0 saturated heterocycles. The molecule has 1 aliphatic heterocycles. The van der Waals surface area contributed by atoms with E-state index in [2.05, 4.69) is 5.32 Å². The van der Waals surface area contributed by atoms with Gasteiger partial charge in [0.1, 0.15) is 6.04 Å². The van der Waals surface area contributed by atoms with Gasteiger partial charge in [0.15, 0.2) is 0 Å². The molecule has 27 heavy (non-hydrogen) atoms. The summed E-state index contributed by atoms with van der Waals surface area (Å²) in [5.41, 5.74) is 3.23. The number of rotatable bonds is 5. The number of nitrogens with zero attached hydrogens (tertiary/aromatic N) is 1. The van der Waals surface area contributed by atoms with Gasteiger partial charge in [0.05, 0.1) is 0 Å². The second-order valence-electron chi connectivity index (χ2n) is 7.45.